The third kappa shape index (κ3) is 4.80. The zero-order valence-electron chi connectivity index (χ0n) is 17.6. The lowest BCUT2D eigenvalue weighted by atomic mass is 10.2. The van der Waals surface area contributed by atoms with Gasteiger partial charge in [0.1, 0.15) is 6.61 Å². The summed E-state index contributed by atoms with van der Waals surface area (Å²) in [6.07, 6.45) is 3.29. The molecule has 2 aromatic heterocycles. The van der Waals surface area contributed by atoms with Crippen LogP contribution in [0.1, 0.15) is 32.7 Å². The molecule has 2 aromatic carbocycles. The molecule has 1 N–H and O–H groups in total. The molecule has 4 rings (SSSR count). The molecule has 6 heteroatoms. The molecule has 0 aliphatic carbocycles. The van der Waals surface area contributed by atoms with E-state index in [1.807, 2.05) is 80.6 Å². The third-order valence-electron chi connectivity index (χ3n) is 5.08. The van der Waals surface area contributed by atoms with Gasteiger partial charge in [-0.1, -0.05) is 48.5 Å². The molecule has 4 aromatic rings. The lowest BCUT2D eigenvalue weighted by Crippen LogP contribution is -2.23. The van der Waals surface area contributed by atoms with Crippen LogP contribution in [-0.2, 0) is 13.2 Å². The maximum atomic E-state index is 12.8. The zero-order chi connectivity index (χ0) is 21.6. The highest BCUT2D eigenvalue weighted by Gasteiger charge is 2.16. The number of aryl methyl sites for hydroxylation is 1. The maximum Gasteiger partial charge on any atom is 0.255 e. The number of aromatic nitrogens is 3. The molecule has 0 aliphatic rings. The molecular weight excluding hydrogens is 388 g/mol. The minimum Gasteiger partial charge on any atom is -0.473 e. The minimum atomic E-state index is -0.166. The fourth-order valence-corrected chi connectivity index (χ4v) is 3.32. The van der Waals surface area contributed by atoms with Crippen molar-refractivity contribution in [1.29, 1.82) is 0 Å². The van der Waals surface area contributed by atoms with Gasteiger partial charge in [0.15, 0.2) is 0 Å². The second-order valence-electron chi connectivity index (χ2n) is 7.30. The Kier molecular flexibility index (Phi) is 6.08. The SMILES string of the molecule is Cc1ccccc1-n1ncc(C(=O)NCc2ccnc(OCc3ccccc3)c2)c1C. The topological polar surface area (TPSA) is 69.0 Å². The van der Waals surface area contributed by atoms with Gasteiger partial charge in [-0.3, -0.25) is 4.79 Å². The van der Waals surface area contributed by atoms with E-state index in [1.54, 1.807) is 17.1 Å². The number of ether oxygens (including phenoxy) is 1. The highest BCUT2D eigenvalue weighted by molar-refractivity contribution is 5.95. The van der Waals surface area contributed by atoms with E-state index in [-0.39, 0.29) is 5.91 Å². The van der Waals surface area contributed by atoms with Crippen molar-refractivity contribution in [2.45, 2.75) is 27.0 Å². The molecular formula is C25H24N4O2. The van der Waals surface area contributed by atoms with Crippen LogP contribution in [0.3, 0.4) is 0 Å². The van der Waals surface area contributed by atoms with Gasteiger partial charge in [-0.05, 0) is 42.7 Å². The Hall–Kier alpha value is -3.93. The van der Waals surface area contributed by atoms with Crippen molar-refractivity contribution >= 4 is 5.91 Å². The summed E-state index contributed by atoms with van der Waals surface area (Å²) in [4.78, 5) is 17.0. The van der Waals surface area contributed by atoms with Crippen molar-refractivity contribution in [2.24, 2.45) is 0 Å². The van der Waals surface area contributed by atoms with Crippen molar-refractivity contribution < 1.29 is 9.53 Å². The lowest BCUT2D eigenvalue weighted by molar-refractivity contribution is 0.0950. The van der Waals surface area contributed by atoms with Gasteiger partial charge >= 0.3 is 0 Å². The Labute approximate surface area is 181 Å². The summed E-state index contributed by atoms with van der Waals surface area (Å²) in [6.45, 7) is 4.74. The van der Waals surface area contributed by atoms with Crippen molar-refractivity contribution in [3.8, 4) is 11.6 Å². The van der Waals surface area contributed by atoms with E-state index in [2.05, 4.69) is 15.4 Å². The number of amides is 1. The van der Waals surface area contributed by atoms with E-state index in [4.69, 9.17) is 4.74 Å². The van der Waals surface area contributed by atoms with Crippen LogP contribution in [0, 0.1) is 13.8 Å². The highest BCUT2D eigenvalue weighted by Crippen LogP contribution is 2.18. The number of carbonyl (C=O) groups is 1. The van der Waals surface area contributed by atoms with Crippen molar-refractivity contribution in [2.75, 3.05) is 0 Å². The number of hydrogen-bond acceptors (Lipinski definition) is 4. The molecule has 6 nitrogen and oxygen atoms in total. The molecule has 0 saturated carbocycles. The molecule has 0 spiro atoms. The molecule has 0 aliphatic heterocycles. The molecule has 0 radical (unpaired) electrons. The predicted octanol–water partition coefficient (Wildman–Crippen LogP) is 4.39. The number of hydrogen-bond donors (Lipinski definition) is 1. The molecule has 0 bridgehead atoms. The first-order valence-corrected chi connectivity index (χ1v) is 10.1. The van der Waals surface area contributed by atoms with Gasteiger partial charge in [-0.2, -0.15) is 5.10 Å². The third-order valence-corrected chi connectivity index (χ3v) is 5.08. The zero-order valence-corrected chi connectivity index (χ0v) is 17.6. The molecule has 156 valence electrons. The summed E-state index contributed by atoms with van der Waals surface area (Å²) in [5.74, 6) is 0.361. The predicted molar refractivity (Wildman–Crippen MR) is 119 cm³/mol. The number of pyridine rings is 1. The van der Waals surface area contributed by atoms with Crippen LogP contribution < -0.4 is 10.1 Å². The summed E-state index contributed by atoms with van der Waals surface area (Å²) in [5, 5.41) is 7.38. The molecule has 31 heavy (non-hydrogen) atoms. The Morgan fingerprint density at radius 3 is 2.58 bits per heavy atom. The van der Waals surface area contributed by atoms with E-state index in [9.17, 15) is 4.79 Å². The van der Waals surface area contributed by atoms with Crippen LogP contribution in [0.25, 0.3) is 5.69 Å². The van der Waals surface area contributed by atoms with E-state index in [1.165, 1.54) is 0 Å². The molecule has 0 atom stereocenters. The molecule has 0 unspecified atom stereocenters. The molecule has 0 saturated heterocycles. The van der Waals surface area contributed by atoms with Crippen LogP contribution in [0.5, 0.6) is 5.88 Å². The first kappa shape index (κ1) is 20.3. The molecule has 0 fully saturated rings. The summed E-state index contributed by atoms with van der Waals surface area (Å²) in [5.41, 5.74) is 5.40. The van der Waals surface area contributed by atoms with Crippen molar-refractivity contribution in [1.82, 2.24) is 20.1 Å². The average molecular weight is 412 g/mol. The van der Waals surface area contributed by atoms with Crippen LogP contribution in [0.2, 0.25) is 0 Å². The van der Waals surface area contributed by atoms with Crippen LogP contribution in [0.4, 0.5) is 0 Å². The van der Waals surface area contributed by atoms with Gasteiger partial charge < -0.3 is 10.1 Å². The van der Waals surface area contributed by atoms with E-state index in [0.29, 0.717) is 24.6 Å². The Balaban J connectivity index is 1.40. The van der Waals surface area contributed by atoms with Gasteiger partial charge in [0.25, 0.3) is 5.91 Å². The van der Waals surface area contributed by atoms with E-state index in [0.717, 1.165) is 28.1 Å². The standard InChI is InChI=1S/C25H24N4O2/c1-18-8-6-7-11-23(18)29-19(2)22(16-28-29)25(30)27-15-21-12-13-26-24(14-21)31-17-20-9-4-3-5-10-20/h3-14,16H,15,17H2,1-2H3,(H,27,30). The second kappa shape index (κ2) is 9.26. The Morgan fingerprint density at radius 2 is 1.77 bits per heavy atom. The van der Waals surface area contributed by atoms with E-state index < -0.39 is 0 Å². The normalized spacial score (nSPS) is 10.6. The fourth-order valence-electron chi connectivity index (χ4n) is 3.32. The number of nitrogens with zero attached hydrogens (tertiary/aromatic N) is 3. The van der Waals surface area contributed by atoms with Crippen molar-refractivity contribution in [3.63, 3.8) is 0 Å². The molecule has 2 heterocycles. The Morgan fingerprint density at radius 1 is 1.00 bits per heavy atom. The average Bonchev–Trinajstić information content (AvgIpc) is 3.18. The summed E-state index contributed by atoms with van der Waals surface area (Å²) in [7, 11) is 0. The number of carbonyl (C=O) groups excluding carboxylic acids is 1. The second-order valence-corrected chi connectivity index (χ2v) is 7.30. The number of benzene rings is 2. The maximum absolute atomic E-state index is 12.8. The lowest BCUT2D eigenvalue weighted by Gasteiger charge is -2.10. The monoisotopic (exact) mass is 412 g/mol. The van der Waals surface area contributed by atoms with Gasteiger partial charge in [-0.25, -0.2) is 9.67 Å². The number of nitrogens with one attached hydrogen (secondary N) is 1. The largest absolute Gasteiger partial charge is 0.473 e. The minimum absolute atomic E-state index is 0.166. The van der Waals surface area contributed by atoms with Crippen molar-refractivity contribution in [3.05, 3.63) is 107 Å². The van der Waals surface area contributed by atoms with Crippen LogP contribution >= 0.6 is 0 Å². The van der Waals surface area contributed by atoms with Crippen LogP contribution in [0.15, 0.2) is 79.1 Å². The van der Waals surface area contributed by atoms with Gasteiger partial charge in [0.2, 0.25) is 5.88 Å². The van der Waals surface area contributed by atoms with Gasteiger partial charge in [-0.15, -0.1) is 0 Å². The van der Waals surface area contributed by atoms with E-state index >= 15 is 0 Å². The summed E-state index contributed by atoms with van der Waals surface area (Å²) >= 11 is 0. The summed E-state index contributed by atoms with van der Waals surface area (Å²) < 4.78 is 7.57. The fraction of sp³-hybridized carbons (Fsp3) is 0.160. The smallest absolute Gasteiger partial charge is 0.255 e. The molecule has 1 amide bonds. The first-order chi connectivity index (χ1) is 15.1. The van der Waals surface area contributed by atoms with Crippen LogP contribution in [-0.4, -0.2) is 20.7 Å². The number of rotatable bonds is 7. The van der Waals surface area contributed by atoms with Gasteiger partial charge in [0.05, 0.1) is 23.1 Å². The first-order valence-electron chi connectivity index (χ1n) is 10.1. The number of para-hydroxylation sites is 1. The quantitative estimate of drug-likeness (QED) is 0.489. The summed E-state index contributed by atoms with van der Waals surface area (Å²) in [6, 6.07) is 21.6. The Bertz CT molecular complexity index is 1190. The van der Waals surface area contributed by atoms with Gasteiger partial charge in [0, 0.05) is 18.8 Å². The highest BCUT2D eigenvalue weighted by atomic mass is 16.5.